The molecular formula is C26H25N3O4. The van der Waals surface area contributed by atoms with Gasteiger partial charge in [0.1, 0.15) is 11.4 Å². The van der Waals surface area contributed by atoms with Crippen LogP contribution in [0.4, 0.5) is 5.69 Å². The third-order valence-electron chi connectivity index (χ3n) is 7.15. The molecule has 2 aromatic carbocycles. The number of nitrogens with zero attached hydrogens (tertiary/aromatic N) is 1. The maximum atomic E-state index is 13.5. The van der Waals surface area contributed by atoms with Crippen LogP contribution in [-0.2, 0) is 20.7 Å². The first kappa shape index (κ1) is 20.1. The summed E-state index contributed by atoms with van der Waals surface area (Å²) < 4.78 is 11.7. The molecule has 7 nitrogen and oxygen atoms in total. The molecule has 2 fully saturated rings. The van der Waals surface area contributed by atoms with Crippen LogP contribution in [0, 0.1) is 11.8 Å². The Morgan fingerprint density at radius 3 is 2.94 bits per heavy atom. The fourth-order valence-corrected chi connectivity index (χ4v) is 5.63. The molecular weight excluding hydrogens is 418 g/mol. The number of carbonyl (C=O) groups excluding carboxylic acids is 2. The highest BCUT2D eigenvalue weighted by molar-refractivity contribution is 6.04. The van der Waals surface area contributed by atoms with Gasteiger partial charge in [-0.3, -0.25) is 9.59 Å². The molecule has 168 valence electrons. The number of hydrogen-bond donors (Lipinski definition) is 2. The van der Waals surface area contributed by atoms with Crippen molar-refractivity contribution in [2.24, 2.45) is 11.8 Å². The van der Waals surface area contributed by atoms with Crippen molar-refractivity contribution in [3.63, 3.8) is 0 Å². The van der Waals surface area contributed by atoms with E-state index in [0.29, 0.717) is 30.9 Å². The highest BCUT2D eigenvalue weighted by atomic mass is 16.5. The van der Waals surface area contributed by atoms with Gasteiger partial charge in [-0.25, -0.2) is 0 Å². The predicted octanol–water partition coefficient (Wildman–Crippen LogP) is 2.82. The van der Waals surface area contributed by atoms with E-state index in [4.69, 9.17) is 9.47 Å². The zero-order valence-electron chi connectivity index (χ0n) is 18.3. The fraction of sp³-hybridized carbons (Fsp3) is 0.308. The SMILES string of the molecule is COc1ccccc1N1C[C@@]23C=C[C@@H](O2)[C@H](C(=O)NCCc2c[nH]c4ccccc24)[C@H]3C1=O. The fourth-order valence-electron chi connectivity index (χ4n) is 5.63. The first-order chi connectivity index (χ1) is 16.1. The molecule has 0 unspecified atom stereocenters. The molecule has 0 saturated carbocycles. The number of para-hydroxylation sites is 3. The van der Waals surface area contributed by atoms with Crippen molar-refractivity contribution < 1.29 is 19.1 Å². The van der Waals surface area contributed by atoms with E-state index >= 15 is 0 Å². The van der Waals surface area contributed by atoms with Gasteiger partial charge in [0.2, 0.25) is 11.8 Å². The number of ether oxygens (including phenoxy) is 2. The molecule has 3 aliphatic heterocycles. The van der Waals surface area contributed by atoms with Gasteiger partial charge in [0, 0.05) is 23.6 Å². The Kier molecular flexibility index (Phi) is 4.55. The third kappa shape index (κ3) is 2.99. The van der Waals surface area contributed by atoms with Crippen molar-refractivity contribution in [2.75, 3.05) is 25.1 Å². The Labute approximate surface area is 191 Å². The lowest BCUT2D eigenvalue weighted by atomic mass is 9.77. The van der Waals surface area contributed by atoms with Crippen molar-refractivity contribution in [2.45, 2.75) is 18.1 Å². The van der Waals surface area contributed by atoms with Crippen molar-refractivity contribution in [3.8, 4) is 5.75 Å². The van der Waals surface area contributed by atoms with Gasteiger partial charge in [0.15, 0.2) is 0 Å². The number of anilines is 1. The maximum absolute atomic E-state index is 13.5. The molecule has 3 aliphatic rings. The molecule has 33 heavy (non-hydrogen) atoms. The van der Waals surface area contributed by atoms with E-state index in [1.807, 2.05) is 60.8 Å². The van der Waals surface area contributed by atoms with Gasteiger partial charge in [-0.15, -0.1) is 0 Å². The van der Waals surface area contributed by atoms with Crippen molar-refractivity contribution in [3.05, 3.63) is 72.4 Å². The standard InChI is InChI=1S/C26H25N3O4/c1-32-20-9-5-4-8-19(20)29-15-26-12-10-21(33-26)22(23(26)25(29)31)24(30)27-13-11-16-14-28-18-7-3-2-6-17(16)18/h2-10,12,14,21-23,28H,11,13,15H2,1H3,(H,27,30)/t21-,22+,23+,26-/m1/s1. The van der Waals surface area contributed by atoms with E-state index in [-0.39, 0.29) is 17.9 Å². The molecule has 6 rings (SSSR count). The molecule has 2 amide bonds. The number of hydrogen-bond acceptors (Lipinski definition) is 4. The first-order valence-corrected chi connectivity index (χ1v) is 11.3. The van der Waals surface area contributed by atoms with Gasteiger partial charge in [-0.1, -0.05) is 42.5 Å². The largest absolute Gasteiger partial charge is 0.495 e. The molecule has 4 atom stereocenters. The van der Waals surface area contributed by atoms with Gasteiger partial charge in [0.05, 0.1) is 37.3 Å². The quantitative estimate of drug-likeness (QED) is 0.574. The number of methoxy groups -OCH3 is 1. The van der Waals surface area contributed by atoms with Crippen LogP contribution in [0.3, 0.4) is 0 Å². The number of benzene rings is 2. The molecule has 3 aromatic rings. The summed E-state index contributed by atoms with van der Waals surface area (Å²) in [5, 5.41) is 4.22. The minimum absolute atomic E-state index is 0.0943. The van der Waals surface area contributed by atoms with Crippen LogP contribution in [0.25, 0.3) is 10.9 Å². The van der Waals surface area contributed by atoms with E-state index in [1.165, 1.54) is 0 Å². The predicted molar refractivity (Wildman–Crippen MR) is 124 cm³/mol. The van der Waals surface area contributed by atoms with Crippen LogP contribution in [0.5, 0.6) is 5.75 Å². The number of amides is 2. The van der Waals surface area contributed by atoms with E-state index in [1.54, 1.807) is 12.0 Å². The van der Waals surface area contributed by atoms with E-state index < -0.39 is 17.4 Å². The van der Waals surface area contributed by atoms with E-state index in [2.05, 4.69) is 16.4 Å². The van der Waals surface area contributed by atoms with Crippen molar-refractivity contribution in [1.82, 2.24) is 10.3 Å². The van der Waals surface area contributed by atoms with Crippen LogP contribution >= 0.6 is 0 Å². The highest BCUT2D eigenvalue weighted by Crippen LogP contribution is 2.53. The van der Waals surface area contributed by atoms with Crippen LogP contribution < -0.4 is 15.0 Å². The molecule has 7 heteroatoms. The lowest BCUT2D eigenvalue weighted by Gasteiger charge is -2.23. The number of rotatable bonds is 6. The molecule has 2 saturated heterocycles. The number of H-pyrrole nitrogens is 1. The second kappa shape index (κ2) is 7.49. The van der Waals surface area contributed by atoms with E-state index in [9.17, 15) is 9.59 Å². The monoisotopic (exact) mass is 443 g/mol. The minimum atomic E-state index is -0.762. The summed E-state index contributed by atoms with van der Waals surface area (Å²) in [7, 11) is 1.59. The summed E-state index contributed by atoms with van der Waals surface area (Å²) >= 11 is 0. The van der Waals surface area contributed by atoms with Gasteiger partial charge in [-0.05, 0) is 30.2 Å². The Balaban J connectivity index is 1.19. The zero-order chi connectivity index (χ0) is 22.6. The van der Waals surface area contributed by atoms with Crippen LogP contribution in [-0.4, -0.2) is 48.7 Å². The molecule has 2 N–H and O–H groups in total. The molecule has 4 heterocycles. The first-order valence-electron chi connectivity index (χ1n) is 11.3. The summed E-state index contributed by atoms with van der Waals surface area (Å²) in [5.74, 6) is -0.675. The Morgan fingerprint density at radius 2 is 2.06 bits per heavy atom. The van der Waals surface area contributed by atoms with Crippen LogP contribution in [0.2, 0.25) is 0 Å². The summed E-state index contributed by atoms with van der Waals surface area (Å²) in [4.78, 5) is 31.7. The maximum Gasteiger partial charge on any atom is 0.234 e. The zero-order valence-corrected chi connectivity index (χ0v) is 18.3. The average Bonchev–Trinajstić information content (AvgIpc) is 3.59. The Hall–Kier alpha value is -3.58. The number of fused-ring (bicyclic) bond motifs is 2. The smallest absolute Gasteiger partial charge is 0.234 e. The summed E-state index contributed by atoms with van der Waals surface area (Å²) in [5.41, 5.74) is 2.18. The van der Waals surface area contributed by atoms with Crippen molar-refractivity contribution in [1.29, 1.82) is 0 Å². The summed E-state index contributed by atoms with van der Waals surface area (Å²) in [6.45, 7) is 0.876. The molecule has 0 aliphatic carbocycles. The topological polar surface area (TPSA) is 83.7 Å². The Morgan fingerprint density at radius 1 is 1.24 bits per heavy atom. The molecule has 1 aromatic heterocycles. The molecule has 2 bridgehead atoms. The molecule has 0 radical (unpaired) electrons. The highest BCUT2D eigenvalue weighted by Gasteiger charge is 2.67. The number of aromatic nitrogens is 1. The summed E-state index contributed by atoms with van der Waals surface area (Å²) in [6.07, 6.45) is 6.22. The molecule has 1 spiro atoms. The second-order valence-corrected chi connectivity index (χ2v) is 8.90. The van der Waals surface area contributed by atoms with Gasteiger partial charge < -0.3 is 24.7 Å². The van der Waals surface area contributed by atoms with Gasteiger partial charge in [0.25, 0.3) is 0 Å². The lowest BCUT2D eigenvalue weighted by Crippen LogP contribution is -2.44. The van der Waals surface area contributed by atoms with Gasteiger partial charge in [-0.2, -0.15) is 0 Å². The summed E-state index contributed by atoms with van der Waals surface area (Å²) in [6, 6.07) is 15.6. The minimum Gasteiger partial charge on any atom is -0.495 e. The van der Waals surface area contributed by atoms with Gasteiger partial charge >= 0.3 is 0 Å². The number of carbonyl (C=O) groups is 2. The lowest BCUT2D eigenvalue weighted by molar-refractivity contribution is -0.131. The second-order valence-electron chi connectivity index (χ2n) is 8.90. The third-order valence-corrected chi connectivity index (χ3v) is 7.15. The average molecular weight is 444 g/mol. The number of nitrogens with one attached hydrogen (secondary N) is 2. The van der Waals surface area contributed by atoms with Crippen LogP contribution in [0.1, 0.15) is 5.56 Å². The Bertz CT molecular complexity index is 1280. The van der Waals surface area contributed by atoms with Crippen molar-refractivity contribution >= 4 is 28.4 Å². The normalized spacial score (nSPS) is 27.4. The number of aromatic amines is 1. The van der Waals surface area contributed by atoms with E-state index in [0.717, 1.165) is 16.5 Å². The van der Waals surface area contributed by atoms with Crippen LogP contribution in [0.15, 0.2) is 66.9 Å².